The molecule has 0 aliphatic heterocycles. The van der Waals surface area contributed by atoms with Crippen LogP contribution in [-0.4, -0.2) is 19.5 Å². The van der Waals surface area contributed by atoms with E-state index < -0.39 is 0 Å². The highest BCUT2D eigenvalue weighted by Gasteiger charge is 2.17. The highest BCUT2D eigenvalue weighted by molar-refractivity contribution is 6.11. The molecule has 0 unspecified atom stereocenters. The maximum atomic E-state index is 8.90. The van der Waals surface area contributed by atoms with Crippen molar-refractivity contribution in [2.45, 2.75) is 0 Å². The van der Waals surface area contributed by atoms with E-state index in [1.807, 2.05) is 48.5 Å². The number of rotatable bonds is 4. The molecule has 0 aliphatic carbocycles. The first-order chi connectivity index (χ1) is 22.7. The quantitative estimate of drug-likeness (QED) is 0.201. The van der Waals surface area contributed by atoms with Crippen molar-refractivity contribution < 1.29 is 0 Å². The second kappa shape index (κ2) is 10.4. The molecule has 46 heavy (non-hydrogen) atoms. The largest absolute Gasteiger partial charge is 0.340 e. The van der Waals surface area contributed by atoms with E-state index in [0.717, 1.165) is 50.1 Å². The van der Waals surface area contributed by atoms with Crippen LogP contribution in [0.4, 0.5) is 0 Å². The lowest BCUT2D eigenvalue weighted by Crippen LogP contribution is -2.11. The zero-order chi connectivity index (χ0) is 30.6. The molecule has 0 radical (unpaired) electrons. The fraction of sp³-hybridized carbons (Fsp3) is 0. The molecule has 9 aromatic rings. The summed E-state index contributed by atoms with van der Waals surface area (Å²) in [6.45, 7) is 0. The Kier molecular flexibility index (Phi) is 5.90. The van der Waals surface area contributed by atoms with Crippen LogP contribution in [0, 0.1) is 5.41 Å². The van der Waals surface area contributed by atoms with Gasteiger partial charge in [0, 0.05) is 38.5 Å². The lowest BCUT2D eigenvalue weighted by atomic mass is 10.00. The van der Waals surface area contributed by atoms with E-state index in [-0.39, 0.29) is 0 Å². The molecule has 0 spiro atoms. The maximum absolute atomic E-state index is 8.90. The molecule has 3 aromatic heterocycles. The molecule has 5 nitrogen and oxygen atoms in total. The average Bonchev–Trinajstić information content (AvgIpc) is 3.46. The topological polar surface area (TPSA) is 70.3 Å². The van der Waals surface area contributed by atoms with Gasteiger partial charge in [-0.25, -0.2) is 9.97 Å². The van der Waals surface area contributed by atoms with Crippen molar-refractivity contribution in [3.8, 4) is 39.5 Å². The smallest absolute Gasteiger partial charge is 0.160 e. The first kappa shape index (κ1) is 26.1. The molecule has 0 amide bonds. The highest BCUT2D eigenvalue weighted by Crippen LogP contribution is 2.36. The Bertz CT molecular complexity index is 2650. The van der Waals surface area contributed by atoms with Gasteiger partial charge in [0.2, 0.25) is 0 Å². The lowest BCUT2D eigenvalue weighted by molar-refractivity contribution is 1.14. The summed E-state index contributed by atoms with van der Waals surface area (Å²) < 4.78 is 2.33. The SMILES string of the molecule is N=c1[nH]c2ccccc2c2nc(-c3cccc(-c4ccc5c(c4)c4ccccc4n5-c4ccccc4)c3)nc(-c3ccccc3)c12. The van der Waals surface area contributed by atoms with Gasteiger partial charge in [0.15, 0.2) is 5.82 Å². The minimum Gasteiger partial charge on any atom is -0.340 e. The zero-order valence-corrected chi connectivity index (χ0v) is 24.8. The van der Waals surface area contributed by atoms with Crippen molar-refractivity contribution in [2.75, 3.05) is 0 Å². The number of hydrogen-bond acceptors (Lipinski definition) is 3. The normalized spacial score (nSPS) is 11.6. The zero-order valence-electron chi connectivity index (χ0n) is 24.8. The molecular weight excluding hydrogens is 562 g/mol. The highest BCUT2D eigenvalue weighted by atomic mass is 15.0. The van der Waals surface area contributed by atoms with Crippen molar-refractivity contribution in [1.29, 1.82) is 5.41 Å². The number of fused-ring (bicyclic) bond motifs is 6. The third-order valence-corrected chi connectivity index (χ3v) is 8.79. The molecule has 0 aliphatic rings. The Labute approximate surface area is 264 Å². The summed E-state index contributed by atoms with van der Waals surface area (Å²) in [4.78, 5) is 13.5. The predicted octanol–water partition coefficient (Wildman–Crippen LogP) is 9.69. The van der Waals surface area contributed by atoms with Crippen molar-refractivity contribution in [1.82, 2.24) is 19.5 Å². The van der Waals surface area contributed by atoms with Gasteiger partial charge in [0.25, 0.3) is 0 Å². The molecule has 0 atom stereocenters. The van der Waals surface area contributed by atoms with E-state index >= 15 is 0 Å². The van der Waals surface area contributed by atoms with Crippen LogP contribution in [0.1, 0.15) is 0 Å². The van der Waals surface area contributed by atoms with E-state index in [2.05, 4.69) is 113 Å². The van der Waals surface area contributed by atoms with Gasteiger partial charge in [-0.15, -0.1) is 0 Å². The molecule has 0 fully saturated rings. The minimum atomic E-state index is 0.302. The number of aromatic amines is 1. The molecule has 0 saturated carbocycles. The lowest BCUT2D eigenvalue weighted by Gasteiger charge is -2.12. The van der Waals surface area contributed by atoms with Gasteiger partial charge in [-0.1, -0.05) is 109 Å². The summed E-state index contributed by atoms with van der Waals surface area (Å²) in [5.41, 5.74) is 10.3. The van der Waals surface area contributed by atoms with Crippen LogP contribution in [0.2, 0.25) is 0 Å². The van der Waals surface area contributed by atoms with Gasteiger partial charge in [-0.05, 0) is 53.6 Å². The molecule has 6 aromatic carbocycles. The third-order valence-electron chi connectivity index (χ3n) is 8.79. The third kappa shape index (κ3) is 4.14. The van der Waals surface area contributed by atoms with E-state index in [0.29, 0.717) is 16.7 Å². The number of nitrogens with zero attached hydrogens (tertiary/aromatic N) is 3. The number of aromatic nitrogens is 4. The second-order valence-corrected chi connectivity index (χ2v) is 11.5. The van der Waals surface area contributed by atoms with Crippen LogP contribution in [0.3, 0.4) is 0 Å². The first-order valence-corrected chi connectivity index (χ1v) is 15.4. The number of benzene rings is 6. The van der Waals surface area contributed by atoms with Crippen molar-refractivity contribution >= 4 is 43.6 Å². The Morgan fingerprint density at radius 3 is 2.00 bits per heavy atom. The molecule has 9 rings (SSSR count). The Balaban J connectivity index is 1.24. The van der Waals surface area contributed by atoms with Crippen molar-refractivity contribution in [3.05, 3.63) is 157 Å². The van der Waals surface area contributed by atoms with E-state index in [1.54, 1.807) is 0 Å². The summed E-state index contributed by atoms with van der Waals surface area (Å²) in [7, 11) is 0. The molecule has 0 saturated heterocycles. The summed E-state index contributed by atoms with van der Waals surface area (Å²) in [6, 6.07) is 52.4. The number of H-pyrrole nitrogens is 1. The second-order valence-electron chi connectivity index (χ2n) is 11.5. The fourth-order valence-electron chi connectivity index (χ4n) is 6.67. The first-order valence-electron chi connectivity index (χ1n) is 15.4. The molecule has 3 heterocycles. The van der Waals surface area contributed by atoms with Gasteiger partial charge in [-0.2, -0.15) is 0 Å². The van der Waals surface area contributed by atoms with Crippen LogP contribution in [0.25, 0.3) is 83.1 Å². The Hall–Kier alpha value is -6.33. The number of para-hydroxylation sites is 3. The van der Waals surface area contributed by atoms with Crippen molar-refractivity contribution in [2.24, 2.45) is 0 Å². The van der Waals surface area contributed by atoms with E-state index in [1.165, 1.54) is 21.8 Å². The molecule has 216 valence electrons. The summed E-state index contributed by atoms with van der Waals surface area (Å²) in [5, 5.41) is 13.0. The van der Waals surface area contributed by atoms with Crippen LogP contribution >= 0.6 is 0 Å². The molecule has 0 bridgehead atoms. The van der Waals surface area contributed by atoms with Crippen molar-refractivity contribution in [3.63, 3.8) is 0 Å². The molecule has 5 heteroatoms. The van der Waals surface area contributed by atoms with Gasteiger partial charge < -0.3 is 9.55 Å². The Morgan fingerprint density at radius 1 is 0.500 bits per heavy atom. The standard InChI is InChI=1S/C41H27N5/c42-40-37-38(26-12-3-1-4-13-26)44-41(45-39(37)32-19-7-9-20-34(32)43-40)29-15-11-14-27(24-29)28-22-23-36-33(25-28)31-18-8-10-21-35(31)46(36)30-16-5-2-6-17-30/h1-25H,(H2,42,43). The Morgan fingerprint density at radius 2 is 1.15 bits per heavy atom. The average molecular weight is 590 g/mol. The van der Waals surface area contributed by atoms with Crippen LogP contribution in [-0.2, 0) is 0 Å². The maximum Gasteiger partial charge on any atom is 0.160 e. The minimum absolute atomic E-state index is 0.302. The van der Waals surface area contributed by atoms with Crippen LogP contribution in [0.15, 0.2) is 152 Å². The fourth-order valence-corrected chi connectivity index (χ4v) is 6.67. The van der Waals surface area contributed by atoms with E-state index in [4.69, 9.17) is 15.4 Å². The molecule has 2 N–H and O–H groups in total. The summed E-state index contributed by atoms with van der Waals surface area (Å²) >= 11 is 0. The molecular formula is C41H27N5. The van der Waals surface area contributed by atoms with Crippen LogP contribution in [0.5, 0.6) is 0 Å². The van der Waals surface area contributed by atoms with E-state index in [9.17, 15) is 0 Å². The monoisotopic (exact) mass is 589 g/mol. The predicted molar refractivity (Wildman–Crippen MR) is 188 cm³/mol. The summed E-state index contributed by atoms with van der Waals surface area (Å²) in [6.07, 6.45) is 0. The van der Waals surface area contributed by atoms with Gasteiger partial charge in [0.05, 0.1) is 27.6 Å². The number of pyridine rings is 1. The van der Waals surface area contributed by atoms with Gasteiger partial charge >= 0.3 is 0 Å². The summed E-state index contributed by atoms with van der Waals surface area (Å²) in [5.74, 6) is 0.630. The van der Waals surface area contributed by atoms with Gasteiger partial charge in [-0.3, -0.25) is 5.41 Å². The van der Waals surface area contributed by atoms with Gasteiger partial charge in [0.1, 0.15) is 5.49 Å². The number of hydrogen-bond donors (Lipinski definition) is 2. The number of nitrogens with one attached hydrogen (secondary N) is 2. The van der Waals surface area contributed by atoms with Crippen LogP contribution < -0.4 is 5.49 Å².